The van der Waals surface area contributed by atoms with Gasteiger partial charge >= 0.3 is 0 Å². The van der Waals surface area contributed by atoms with E-state index in [1.54, 1.807) is 0 Å². The van der Waals surface area contributed by atoms with Crippen LogP contribution in [0.5, 0.6) is 0 Å². The lowest BCUT2D eigenvalue weighted by Gasteiger charge is -2.23. The highest BCUT2D eigenvalue weighted by Gasteiger charge is 2.36. The number of benzene rings is 9. The van der Waals surface area contributed by atoms with Crippen LogP contribution >= 0.6 is 0 Å². The molecule has 0 bridgehead atoms. The van der Waals surface area contributed by atoms with Crippen LogP contribution in [0.25, 0.3) is 98.4 Å². The van der Waals surface area contributed by atoms with Crippen LogP contribution in [0.4, 0.5) is 0 Å². The van der Waals surface area contributed by atoms with E-state index >= 15 is 0 Å². The van der Waals surface area contributed by atoms with Crippen LogP contribution in [0, 0.1) is 0 Å². The molecule has 0 saturated carbocycles. The molecule has 0 unspecified atom stereocenters. The molecular formula is C47H30O. The molecule has 0 fully saturated rings. The van der Waals surface area contributed by atoms with Crippen LogP contribution in [0.1, 0.15) is 25.0 Å². The number of hydrogen-bond donors (Lipinski definition) is 0. The topological polar surface area (TPSA) is 13.1 Å². The number of rotatable bonds is 2. The van der Waals surface area contributed by atoms with Crippen LogP contribution in [0.15, 0.2) is 150 Å². The summed E-state index contributed by atoms with van der Waals surface area (Å²) in [7, 11) is 0. The van der Waals surface area contributed by atoms with Crippen molar-refractivity contribution in [2.24, 2.45) is 0 Å². The quantitative estimate of drug-likeness (QED) is 0.178. The van der Waals surface area contributed by atoms with Crippen molar-refractivity contribution in [1.29, 1.82) is 0 Å². The van der Waals surface area contributed by atoms with Gasteiger partial charge in [0.15, 0.2) is 0 Å². The van der Waals surface area contributed by atoms with Crippen LogP contribution in [-0.2, 0) is 5.41 Å². The third kappa shape index (κ3) is 3.46. The number of fused-ring (bicyclic) bond motifs is 7. The molecule has 224 valence electrons. The maximum absolute atomic E-state index is 6.14. The molecular weight excluding hydrogens is 581 g/mol. The standard InChI is InChI=1S/C47H30O/c1-47(2)41-24-29(34-21-32-15-13-27-7-5-8-28-14-16-33(22-34)46(32)45(27)28)17-19-36(41)39-26-38-30(25-42(39)47)9-6-11-35(38)31-18-20-44-40(23-31)37-10-3-4-12-43(37)48-44/h3-26H,1-2H3. The number of para-hydroxylation sites is 1. The number of furan rings is 1. The lowest BCUT2D eigenvalue weighted by atomic mass is 9.80. The molecule has 0 saturated heterocycles. The largest absolute Gasteiger partial charge is 0.456 e. The third-order valence-corrected chi connectivity index (χ3v) is 11.2. The van der Waals surface area contributed by atoms with Gasteiger partial charge in [-0.2, -0.15) is 0 Å². The molecule has 0 amide bonds. The van der Waals surface area contributed by atoms with Gasteiger partial charge in [0.05, 0.1) is 0 Å². The minimum absolute atomic E-state index is 0.115. The van der Waals surface area contributed by atoms with Gasteiger partial charge in [-0.15, -0.1) is 0 Å². The fourth-order valence-electron chi connectivity index (χ4n) is 8.75. The average molecular weight is 611 g/mol. The van der Waals surface area contributed by atoms with Crippen molar-refractivity contribution in [3.05, 3.63) is 157 Å². The van der Waals surface area contributed by atoms with Crippen molar-refractivity contribution in [3.63, 3.8) is 0 Å². The lowest BCUT2D eigenvalue weighted by Crippen LogP contribution is -2.15. The van der Waals surface area contributed by atoms with E-state index in [1.807, 2.05) is 12.1 Å². The predicted molar refractivity (Wildman–Crippen MR) is 203 cm³/mol. The predicted octanol–water partition coefficient (Wildman–Crippen LogP) is 13.3. The monoisotopic (exact) mass is 610 g/mol. The molecule has 0 aliphatic heterocycles. The molecule has 11 rings (SSSR count). The van der Waals surface area contributed by atoms with Crippen molar-refractivity contribution in [2.75, 3.05) is 0 Å². The molecule has 1 aromatic heterocycles. The zero-order valence-electron chi connectivity index (χ0n) is 26.8. The third-order valence-electron chi connectivity index (χ3n) is 11.2. The Morgan fingerprint density at radius 3 is 1.88 bits per heavy atom. The smallest absolute Gasteiger partial charge is 0.135 e. The molecule has 9 aromatic carbocycles. The Hall–Kier alpha value is -5.92. The highest BCUT2D eigenvalue weighted by molar-refractivity contribution is 6.23. The van der Waals surface area contributed by atoms with Gasteiger partial charge < -0.3 is 4.42 Å². The molecule has 10 aromatic rings. The first-order valence-corrected chi connectivity index (χ1v) is 16.8. The van der Waals surface area contributed by atoms with Gasteiger partial charge in [-0.3, -0.25) is 0 Å². The minimum atomic E-state index is -0.115. The van der Waals surface area contributed by atoms with E-state index in [0.717, 1.165) is 21.9 Å². The fourth-order valence-corrected chi connectivity index (χ4v) is 8.75. The van der Waals surface area contributed by atoms with Crippen LogP contribution in [-0.4, -0.2) is 0 Å². The Bertz CT molecular complexity index is 2910. The molecule has 0 spiro atoms. The maximum atomic E-state index is 6.14. The Morgan fingerprint density at radius 1 is 0.375 bits per heavy atom. The van der Waals surface area contributed by atoms with Crippen molar-refractivity contribution < 1.29 is 4.42 Å². The summed E-state index contributed by atoms with van der Waals surface area (Å²) in [6, 6.07) is 54.1. The van der Waals surface area contributed by atoms with Gasteiger partial charge in [0.1, 0.15) is 11.2 Å². The van der Waals surface area contributed by atoms with E-state index in [2.05, 4.69) is 147 Å². The molecule has 0 atom stereocenters. The van der Waals surface area contributed by atoms with E-state index in [9.17, 15) is 0 Å². The second-order valence-corrected chi connectivity index (χ2v) is 14.1. The van der Waals surface area contributed by atoms with Crippen molar-refractivity contribution in [1.82, 2.24) is 0 Å². The van der Waals surface area contributed by atoms with E-state index in [4.69, 9.17) is 4.42 Å². The molecule has 1 aliphatic rings. The Kier molecular flexibility index (Phi) is 4.97. The minimum Gasteiger partial charge on any atom is -0.456 e. The first-order chi connectivity index (χ1) is 23.5. The lowest BCUT2D eigenvalue weighted by molar-refractivity contribution is 0.661. The molecule has 1 nitrogen and oxygen atoms in total. The van der Waals surface area contributed by atoms with E-state index in [0.29, 0.717) is 0 Å². The molecule has 48 heavy (non-hydrogen) atoms. The first kappa shape index (κ1) is 26.2. The van der Waals surface area contributed by atoms with Gasteiger partial charge in [-0.25, -0.2) is 0 Å². The molecule has 1 heteroatoms. The molecule has 1 aliphatic carbocycles. The Balaban J connectivity index is 1.07. The molecule has 0 N–H and O–H groups in total. The zero-order valence-corrected chi connectivity index (χ0v) is 26.8. The summed E-state index contributed by atoms with van der Waals surface area (Å²) >= 11 is 0. The summed E-state index contributed by atoms with van der Waals surface area (Å²) in [6.07, 6.45) is 0. The maximum Gasteiger partial charge on any atom is 0.135 e. The normalized spacial score (nSPS) is 13.8. The van der Waals surface area contributed by atoms with Gasteiger partial charge in [0.2, 0.25) is 0 Å². The molecule has 1 heterocycles. The summed E-state index contributed by atoms with van der Waals surface area (Å²) in [6.45, 7) is 4.77. The highest BCUT2D eigenvalue weighted by Crippen LogP contribution is 2.52. The van der Waals surface area contributed by atoms with Crippen LogP contribution in [0.2, 0.25) is 0 Å². The molecule has 0 radical (unpaired) electrons. The van der Waals surface area contributed by atoms with Gasteiger partial charge in [-0.1, -0.05) is 111 Å². The van der Waals surface area contributed by atoms with Gasteiger partial charge in [0, 0.05) is 16.2 Å². The van der Waals surface area contributed by atoms with Gasteiger partial charge in [0.25, 0.3) is 0 Å². The van der Waals surface area contributed by atoms with Crippen molar-refractivity contribution in [3.8, 4) is 33.4 Å². The number of hydrogen-bond acceptors (Lipinski definition) is 1. The van der Waals surface area contributed by atoms with E-state index < -0.39 is 0 Å². The van der Waals surface area contributed by atoms with E-state index in [1.165, 1.54) is 87.6 Å². The SMILES string of the molecule is CC1(C)c2cc(-c3cc4ccc5cccc6ccc(c3)c4c56)ccc2-c2cc3c(-c4ccc5oc6ccccc6c5c4)cccc3cc21. The summed E-state index contributed by atoms with van der Waals surface area (Å²) in [5.74, 6) is 0. The summed E-state index contributed by atoms with van der Waals surface area (Å²) in [5.41, 5.74) is 12.2. The van der Waals surface area contributed by atoms with E-state index in [-0.39, 0.29) is 5.41 Å². The zero-order chi connectivity index (χ0) is 31.7. The average Bonchev–Trinajstić information content (AvgIpc) is 3.60. The van der Waals surface area contributed by atoms with Crippen molar-refractivity contribution in [2.45, 2.75) is 19.3 Å². The second-order valence-electron chi connectivity index (χ2n) is 14.1. The summed E-state index contributed by atoms with van der Waals surface area (Å²) in [4.78, 5) is 0. The Morgan fingerprint density at radius 2 is 1.04 bits per heavy atom. The van der Waals surface area contributed by atoms with Gasteiger partial charge in [-0.05, 0) is 136 Å². The second kappa shape index (κ2) is 9.12. The summed E-state index contributed by atoms with van der Waals surface area (Å²) in [5, 5.41) is 12.8. The van der Waals surface area contributed by atoms with Crippen molar-refractivity contribution >= 4 is 65.0 Å². The highest BCUT2D eigenvalue weighted by atomic mass is 16.3. The van der Waals surface area contributed by atoms with Crippen LogP contribution in [0.3, 0.4) is 0 Å². The fraction of sp³-hybridized carbons (Fsp3) is 0.0638. The van der Waals surface area contributed by atoms with Crippen LogP contribution < -0.4 is 0 Å². The Labute approximate surface area is 278 Å². The first-order valence-electron chi connectivity index (χ1n) is 16.8. The summed E-state index contributed by atoms with van der Waals surface area (Å²) < 4.78 is 6.14.